The number of halogens is 4. The molecule has 0 bridgehead atoms. The van der Waals surface area contributed by atoms with Crippen LogP contribution in [0.25, 0.3) is 6.08 Å². The zero-order chi connectivity index (χ0) is 13.2. The van der Waals surface area contributed by atoms with Gasteiger partial charge in [0, 0.05) is 18.1 Å². The van der Waals surface area contributed by atoms with Gasteiger partial charge in [0.2, 0.25) is 0 Å². The molecule has 1 aliphatic heterocycles. The first kappa shape index (κ1) is 13.3. The Morgan fingerprint density at radius 1 is 1.11 bits per heavy atom. The highest BCUT2D eigenvalue weighted by Crippen LogP contribution is 2.32. The Hall–Kier alpha value is -1.16. The predicted molar refractivity (Wildman–Crippen MR) is 66.3 cm³/mol. The van der Waals surface area contributed by atoms with Crippen molar-refractivity contribution >= 4 is 17.7 Å². The van der Waals surface area contributed by atoms with Crippen LogP contribution < -0.4 is 0 Å². The van der Waals surface area contributed by atoms with Crippen LogP contribution >= 0.6 is 11.6 Å². The summed E-state index contributed by atoms with van der Waals surface area (Å²) in [6.45, 7) is 0.942. The number of hydrogen-bond acceptors (Lipinski definition) is 1. The third-order valence-electron chi connectivity index (χ3n) is 2.91. The number of benzene rings is 1. The topological polar surface area (TPSA) is 3.24 Å². The monoisotopic (exact) mass is 275 g/mol. The van der Waals surface area contributed by atoms with Crippen LogP contribution in [0.3, 0.4) is 0 Å². The number of allylic oxidation sites excluding steroid dienone is 1. The highest BCUT2D eigenvalue weighted by Gasteiger charge is 2.38. The molecule has 1 fully saturated rings. The normalized spacial score (nSPS) is 17.3. The molecule has 0 radical (unpaired) electrons. The summed E-state index contributed by atoms with van der Waals surface area (Å²) < 4.78 is 39.0. The van der Waals surface area contributed by atoms with E-state index in [1.807, 2.05) is 0 Å². The third-order valence-corrected chi connectivity index (χ3v) is 3.16. The van der Waals surface area contributed by atoms with Crippen LogP contribution in [0.4, 0.5) is 13.2 Å². The van der Waals surface area contributed by atoms with Crippen molar-refractivity contribution in [1.29, 1.82) is 0 Å². The second kappa shape index (κ2) is 5.22. The Morgan fingerprint density at radius 2 is 1.67 bits per heavy atom. The van der Waals surface area contributed by atoms with Gasteiger partial charge in [-0.05, 0) is 36.6 Å². The number of alkyl halides is 3. The minimum Gasteiger partial charge on any atom is -0.368 e. The molecule has 1 nitrogen and oxygen atoms in total. The molecule has 5 heteroatoms. The molecule has 98 valence electrons. The summed E-state index contributed by atoms with van der Waals surface area (Å²) in [5, 5.41) is 0.516. The van der Waals surface area contributed by atoms with E-state index >= 15 is 0 Å². The molecule has 0 amide bonds. The molecular formula is C13H13ClF3N. The third kappa shape index (κ3) is 3.19. The summed E-state index contributed by atoms with van der Waals surface area (Å²) in [6.07, 6.45) is -1.51. The maximum atomic E-state index is 13.0. The van der Waals surface area contributed by atoms with Gasteiger partial charge >= 0.3 is 6.18 Å². The van der Waals surface area contributed by atoms with E-state index in [0.29, 0.717) is 23.7 Å². The van der Waals surface area contributed by atoms with Crippen molar-refractivity contribution in [2.45, 2.75) is 19.0 Å². The van der Waals surface area contributed by atoms with E-state index in [0.717, 1.165) is 12.8 Å². The molecule has 1 aliphatic rings. The van der Waals surface area contributed by atoms with Crippen LogP contribution in [0.15, 0.2) is 30.0 Å². The SMILES string of the molecule is FC(F)(F)/C(=C/c1ccc(Cl)cc1)N1CCCC1. The van der Waals surface area contributed by atoms with Crippen molar-refractivity contribution in [2.75, 3.05) is 13.1 Å². The molecule has 1 saturated heterocycles. The lowest BCUT2D eigenvalue weighted by atomic mass is 10.2. The highest BCUT2D eigenvalue weighted by molar-refractivity contribution is 6.30. The summed E-state index contributed by atoms with van der Waals surface area (Å²) >= 11 is 5.71. The first-order valence-electron chi connectivity index (χ1n) is 5.76. The van der Waals surface area contributed by atoms with Crippen LogP contribution in [0.5, 0.6) is 0 Å². The van der Waals surface area contributed by atoms with Crippen LogP contribution in [0, 0.1) is 0 Å². The van der Waals surface area contributed by atoms with E-state index in [2.05, 4.69) is 0 Å². The van der Waals surface area contributed by atoms with Gasteiger partial charge < -0.3 is 4.90 Å². The molecular weight excluding hydrogens is 263 g/mol. The number of rotatable bonds is 2. The summed E-state index contributed by atoms with van der Waals surface area (Å²) in [5.41, 5.74) is -0.0547. The largest absolute Gasteiger partial charge is 0.431 e. The molecule has 0 aliphatic carbocycles. The molecule has 1 aromatic rings. The predicted octanol–water partition coefficient (Wildman–Crippen LogP) is 4.34. The maximum Gasteiger partial charge on any atom is 0.431 e. The minimum atomic E-state index is -4.32. The van der Waals surface area contributed by atoms with Crippen LogP contribution in [0.1, 0.15) is 18.4 Å². The van der Waals surface area contributed by atoms with E-state index in [1.165, 1.54) is 11.0 Å². The van der Waals surface area contributed by atoms with E-state index in [9.17, 15) is 13.2 Å². The van der Waals surface area contributed by atoms with Crippen molar-refractivity contribution in [3.05, 3.63) is 40.5 Å². The summed E-state index contributed by atoms with van der Waals surface area (Å²) in [5.74, 6) is 0. The Labute approximate surface area is 109 Å². The lowest BCUT2D eigenvalue weighted by Gasteiger charge is -2.23. The van der Waals surface area contributed by atoms with Gasteiger partial charge in [-0.3, -0.25) is 0 Å². The Bertz CT molecular complexity index is 431. The molecule has 0 spiro atoms. The first-order valence-corrected chi connectivity index (χ1v) is 6.14. The average molecular weight is 276 g/mol. The fourth-order valence-electron chi connectivity index (χ4n) is 2.03. The van der Waals surface area contributed by atoms with Crippen molar-refractivity contribution in [3.8, 4) is 0 Å². The standard InChI is InChI=1S/C13H13ClF3N/c14-11-5-3-10(4-6-11)9-12(13(15,16)17)18-7-1-2-8-18/h3-6,9H,1-2,7-8H2/b12-9-. The average Bonchev–Trinajstić information content (AvgIpc) is 2.80. The molecule has 1 heterocycles. The van der Waals surface area contributed by atoms with Gasteiger partial charge in [-0.25, -0.2) is 0 Å². The Morgan fingerprint density at radius 3 is 2.17 bits per heavy atom. The molecule has 0 N–H and O–H groups in total. The van der Waals surface area contributed by atoms with Crippen molar-refractivity contribution in [1.82, 2.24) is 4.90 Å². The van der Waals surface area contributed by atoms with Gasteiger partial charge in [-0.2, -0.15) is 13.2 Å². The minimum absolute atomic E-state index is 0.471. The van der Waals surface area contributed by atoms with Crippen LogP contribution in [0.2, 0.25) is 5.02 Å². The molecule has 0 unspecified atom stereocenters. The van der Waals surface area contributed by atoms with Gasteiger partial charge in [0.1, 0.15) is 5.70 Å². The number of likely N-dealkylation sites (tertiary alicyclic amines) is 1. The summed E-state index contributed by atoms with van der Waals surface area (Å²) in [4.78, 5) is 1.40. The first-order chi connectivity index (χ1) is 8.47. The fourth-order valence-corrected chi connectivity index (χ4v) is 2.15. The smallest absolute Gasteiger partial charge is 0.368 e. The van der Waals surface area contributed by atoms with Gasteiger partial charge in [-0.15, -0.1) is 0 Å². The molecule has 0 aromatic heterocycles. The van der Waals surface area contributed by atoms with E-state index in [-0.39, 0.29) is 0 Å². The van der Waals surface area contributed by atoms with Crippen molar-refractivity contribution in [2.24, 2.45) is 0 Å². The highest BCUT2D eigenvalue weighted by atomic mass is 35.5. The van der Waals surface area contributed by atoms with Crippen molar-refractivity contribution < 1.29 is 13.2 Å². The molecule has 0 saturated carbocycles. The molecule has 2 rings (SSSR count). The Kier molecular flexibility index (Phi) is 3.85. The lowest BCUT2D eigenvalue weighted by Crippen LogP contribution is -2.29. The summed E-state index contributed by atoms with van der Waals surface area (Å²) in [6, 6.07) is 6.35. The maximum absolute atomic E-state index is 13.0. The fraction of sp³-hybridized carbons (Fsp3) is 0.385. The molecule has 1 aromatic carbocycles. The van der Waals surface area contributed by atoms with Gasteiger partial charge in [0.15, 0.2) is 0 Å². The van der Waals surface area contributed by atoms with Gasteiger partial charge in [0.25, 0.3) is 0 Å². The summed E-state index contributed by atoms with van der Waals surface area (Å²) in [7, 11) is 0. The second-order valence-electron chi connectivity index (χ2n) is 4.27. The quantitative estimate of drug-likeness (QED) is 0.776. The van der Waals surface area contributed by atoms with E-state index < -0.39 is 11.9 Å². The lowest BCUT2D eigenvalue weighted by molar-refractivity contribution is -0.108. The van der Waals surface area contributed by atoms with Crippen LogP contribution in [-0.2, 0) is 0 Å². The Balaban J connectivity index is 2.30. The molecule has 0 atom stereocenters. The van der Waals surface area contributed by atoms with E-state index in [4.69, 9.17) is 11.6 Å². The van der Waals surface area contributed by atoms with E-state index in [1.54, 1.807) is 24.3 Å². The van der Waals surface area contributed by atoms with Gasteiger partial charge in [0.05, 0.1) is 0 Å². The number of nitrogens with zero attached hydrogens (tertiary/aromatic N) is 1. The van der Waals surface area contributed by atoms with Crippen molar-refractivity contribution in [3.63, 3.8) is 0 Å². The second-order valence-corrected chi connectivity index (χ2v) is 4.71. The zero-order valence-corrected chi connectivity index (χ0v) is 10.4. The number of hydrogen-bond donors (Lipinski definition) is 0. The molecule has 18 heavy (non-hydrogen) atoms. The zero-order valence-electron chi connectivity index (χ0n) is 9.67. The van der Waals surface area contributed by atoms with Crippen LogP contribution in [-0.4, -0.2) is 24.2 Å². The van der Waals surface area contributed by atoms with Gasteiger partial charge in [-0.1, -0.05) is 23.7 Å².